The molecule has 136 valence electrons. The Morgan fingerprint density at radius 1 is 1.04 bits per heavy atom. The number of hydrogen-bond acceptors (Lipinski definition) is 3. The number of fused-ring (bicyclic) bond motifs is 1. The van der Waals surface area contributed by atoms with Gasteiger partial charge in [-0.2, -0.15) is 0 Å². The summed E-state index contributed by atoms with van der Waals surface area (Å²) in [5, 5.41) is 7.78. The maximum atomic E-state index is 11.8. The van der Waals surface area contributed by atoms with Crippen LogP contribution >= 0.6 is 12.4 Å². The van der Waals surface area contributed by atoms with Crippen LogP contribution in [0.2, 0.25) is 0 Å². The first-order valence-corrected chi connectivity index (χ1v) is 8.25. The van der Waals surface area contributed by atoms with Crippen molar-refractivity contribution in [2.75, 3.05) is 13.1 Å². The Kier molecular flexibility index (Phi) is 8.38. The van der Waals surface area contributed by atoms with Crippen LogP contribution in [-0.2, 0) is 16.0 Å². The molecule has 1 atom stereocenters. The van der Waals surface area contributed by atoms with E-state index in [-0.39, 0.29) is 36.7 Å². The van der Waals surface area contributed by atoms with Gasteiger partial charge in [0, 0.05) is 6.54 Å². The number of nitrogens with one attached hydrogen (secondary N) is 2. The molecule has 6 heteroatoms. The lowest BCUT2D eigenvalue weighted by molar-refractivity contribution is -0.127. The largest absolute Gasteiger partial charge is 0.354 e. The first kappa shape index (κ1) is 20.9. The molecule has 2 aromatic rings. The average molecular weight is 364 g/mol. The van der Waals surface area contributed by atoms with E-state index in [2.05, 4.69) is 34.9 Å². The van der Waals surface area contributed by atoms with Crippen LogP contribution in [0, 0.1) is 5.92 Å². The van der Waals surface area contributed by atoms with Gasteiger partial charge in [-0.25, -0.2) is 0 Å². The number of nitrogens with two attached hydrogens (primary N) is 1. The van der Waals surface area contributed by atoms with Gasteiger partial charge in [0.15, 0.2) is 0 Å². The zero-order valence-electron chi connectivity index (χ0n) is 14.6. The monoisotopic (exact) mass is 363 g/mol. The fraction of sp³-hybridized carbons (Fsp3) is 0.368. The van der Waals surface area contributed by atoms with Crippen molar-refractivity contribution in [1.29, 1.82) is 0 Å². The minimum absolute atomic E-state index is 0. The van der Waals surface area contributed by atoms with E-state index >= 15 is 0 Å². The van der Waals surface area contributed by atoms with Gasteiger partial charge >= 0.3 is 0 Å². The fourth-order valence-corrected chi connectivity index (χ4v) is 2.50. The molecule has 0 aliphatic carbocycles. The molecule has 0 bridgehead atoms. The van der Waals surface area contributed by atoms with Crippen molar-refractivity contribution >= 4 is 35.0 Å². The summed E-state index contributed by atoms with van der Waals surface area (Å²) in [5.74, 6) is -0.465. The van der Waals surface area contributed by atoms with Crippen LogP contribution in [0.1, 0.15) is 19.4 Å². The van der Waals surface area contributed by atoms with E-state index in [0.717, 1.165) is 6.42 Å². The number of hydrogen-bond donors (Lipinski definition) is 3. The summed E-state index contributed by atoms with van der Waals surface area (Å²) in [6, 6.07) is 13.8. The Bertz CT molecular complexity index is 713. The molecule has 2 aromatic carbocycles. The fourth-order valence-electron chi connectivity index (χ4n) is 2.50. The molecule has 25 heavy (non-hydrogen) atoms. The Labute approximate surface area is 154 Å². The Morgan fingerprint density at radius 3 is 2.44 bits per heavy atom. The Morgan fingerprint density at radius 2 is 1.72 bits per heavy atom. The third-order valence-electron chi connectivity index (χ3n) is 4.04. The third-order valence-corrected chi connectivity index (χ3v) is 4.04. The highest BCUT2D eigenvalue weighted by molar-refractivity contribution is 5.88. The Balaban J connectivity index is 0.00000312. The summed E-state index contributed by atoms with van der Waals surface area (Å²) < 4.78 is 0. The summed E-state index contributed by atoms with van der Waals surface area (Å²) in [4.78, 5) is 23.5. The highest BCUT2D eigenvalue weighted by Gasteiger charge is 2.17. The molecule has 0 fully saturated rings. The molecule has 5 nitrogen and oxygen atoms in total. The van der Waals surface area contributed by atoms with Gasteiger partial charge in [0.2, 0.25) is 11.8 Å². The van der Waals surface area contributed by atoms with Crippen LogP contribution in [0.4, 0.5) is 0 Å². The van der Waals surface area contributed by atoms with Gasteiger partial charge in [0.05, 0.1) is 12.6 Å². The average Bonchev–Trinajstić information content (AvgIpc) is 2.59. The quantitative estimate of drug-likeness (QED) is 0.703. The standard InChI is InChI=1S/C19H25N3O2.ClH/c1-13(2)18(20)19(24)22-12-17(23)21-11-10-15-8-5-7-14-6-3-4-9-16(14)15;/h3-9,13,18H,10-12,20H2,1-2H3,(H,21,23)(H,22,24);1H/t18-;/m0./s1. The topological polar surface area (TPSA) is 84.2 Å². The van der Waals surface area contributed by atoms with E-state index in [1.165, 1.54) is 16.3 Å². The second-order valence-corrected chi connectivity index (χ2v) is 6.23. The number of rotatable bonds is 7. The molecule has 4 N–H and O–H groups in total. The van der Waals surface area contributed by atoms with Crippen LogP contribution in [0.15, 0.2) is 42.5 Å². The molecule has 0 saturated carbocycles. The molecule has 2 rings (SSSR count). The van der Waals surface area contributed by atoms with Crippen LogP contribution < -0.4 is 16.4 Å². The minimum Gasteiger partial charge on any atom is -0.354 e. The minimum atomic E-state index is -0.589. The van der Waals surface area contributed by atoms with Crippen LogP contribution in [-0.4, -0.2) is 30.9 Å². The predicted octanol–water partition coefficient (Wildman–Crippen LogP) is 2.02. The zero-order valence-corrected chi connectivity index (χ0v) is 15.4. The van der Waals surface area contributed by atoms with E-state index in [9.17, 15) is 9.59 Å². The third kappa shape index (κ3) is 6.03. The molecule has 0 aliphatic heterocycles. The molecule has 0 unspecified atom stereocenters. The summed E-state index contributed by atoms with van der Waals surface area (Å²) in [6.45, 7) is 4.22. The molecular formula is C19H26ClN3O2. The van der Waals surface area contributed by atoms with Gasteiger partial charge in [0.25, 0.3) is 0 Å². The van der Waals surface area contributed by atoms with Crippen molar-refractivity contribution in [3.63, 3.8) is 0 Å². The lowest BCUT2D eigenvalue weighted by Crippen LogP contribution is -2.47. The number of amides is 2. The predicted molar refractivity (Wildman–Crippen MR) is 104 cm³/mol. The van der Waals surface area contributed by atoms with Crippen molar-refractivity contribution in [3.05, 3.63) is 48.0 Å². The molecule has 0 saturated heterocycles. The van der Waals surface area contributed by atoms with Crippen molar-refractivity contribution in [3.8, 4) is 0 Å². The number of carbonyl (C=O) groups is 2. The molecule has 0 radical (unpaired) electrons. The molecule has 2 amide bonds. The first-order chi connectivity index (χ1) is 11.5. The van der Waals surface area contributed by atoms with E-state index in [1.807, 2.05) is 32.0 Å². The molecule has 0 aliphatic rings. The van der Waals surface area contributed by atoms with Gasteiger partial charge < -0.3 is 16.4 Å². The second-order valence-electron chi connectivity index (χ2n) is 6.23. The maximum absolute atomic E-state index is 11.8. The number of carbonyl (C=O) groups excluding carboxylic acids is 2. The van der Waals surface area contributed by atoms with E-state index in [0.29, 0.717) is 6.54 Å². The first-order valence-electron chi connectivity index (χ1n) is 8.25. The number of halogens is 1. The van der Waals surface area contributed by atoms with Crippen molar-refractivity contribution in [2.45, 2.75) is 26.3 Å². The number of benzene rings is 2. The van der Waals surface area contributed by atoms with E-state index in [1.54, 1.807) is 0 Å². The summed E-state index contributed by atoms with van der Waals surface area (Å²) in [6.07, 6.45) is 0.743. The summed E-state index contributed by atoms with van der Waals surface area (Å²) >= 11 is 0. The maximum Gasteiger partial charge on any atom is 0.239 e. The van der Waals surface area contributed by atoms with Crippen molar-refractivity contribution in [2.24, 2.45) is 11.7 Å². The van der Waals surface area contributed by atoms with Crippen LogP contribution in [0.5, 0.6) is 0 Å². The lowest BCUT2D eigenvalue weighted by Gasteiger charge is -2.15. The second kappa shape index (κ2) is 10.0. The zero-order chi connectivity index (χ0) is 17.5. The summed E-state index contributed by atoms with van der Waals surface area (Å²) in [7, 11) is 0. The van der Waals surface area contributed by atoms with Gasteiger partial charge in [-0.05, 0) is 28.7 Å². The van der Waals surface area contributed by atoms with Gasteiger partial charge in [-0.1, -0.05) is 56.3 Å². The van der Waals surface area contributed by atoms with E-state index in [4.69, 9.17) is 5.73 Å². The van der Waals surface area contributed by atoms with Crippen LogP contribution in [0.3, 0.4) is 0 Å². The Hall–Kier alpha value is -2.11. The van der Waals surface area contributed by atoms with Crippen LogP contribution in [0.25, 0.3) is 10.8 Å². The molecule has 0 heterocycles. The SMILES string of the molecule is CC(C)[C@H](N)C(=O)NCC(=O)NCCc1cccc2ccccc12.Cl. The van der Waals surface area contributed by atoms with E-state index < -0.39 is 6.04 Å². The van der Waals surface area contributed by atoms with Gasteiger partial charge in [-0.3, -0.25) is 9.59 Å². The highest BCUT2D eigenvalue weighted by atomic mass is 35.5. The molecule has 0 aromatic heterocycles. The molecular weight excluding hydrogens is 338 g/mol. The smallest absolute Gasteiger partial charge is 0.239 e. The van der Waals surface area contributed by atoms with Crippen molar-refractivity contribution < 1.29 is 9.59 Å². The highest BCUT2D eigenvalue weighted by Crippen LogP contribution is 2.18. The normalized spacial score (nSPS) is 11.7. The summed E-state index contributed by atoms with van der Waals surface area (Å²) in [5.41, 5.74) is 6.93. The van der Waals surface area contributed by atoms with Gasteiger partial charge in [-0.15, -0.1) is 12.4 Å². The molecule has 0 spiro atoms. The lowest BCUT2D eigenvalue weighted by atomic mass is 10.0. The van der Waals surface area contributed by atoms with Gasteiger partial charge in [0.1, 0.15) is 0 Å². The van der Waals surface area contributed by atoms with Crippen molar-refractivity contribution in [1.82, 2.24) is 10.6 Å².